The van der Waals surface area contributed by atoms with Gasteiger partial charge in [0, 0.05) is 12.1 Å². The molecule has 0 aliphatic heterocycles. The van der Waals surface area contributed by atoms with Crippen LogP contribution in [0.5, 0.6) is 5.75 Å². The Kier molecular flexibility index (Phi) is 5.02. The molecule has 0 radical (unpaired) electrons. The topological polar surface area (TPSA) is 78.7 Å². The van der Waals surface area contributed by atoms with Crippen LogP contribution in [0.2, 0.25) is 0 Å². The first-order valence-electron chi connectivity index (χ1n) is 8.03. The smallest absolute Gasteiger partial charge is 0.431 e. The van der Waals surface area contributed by atoms with E-state index >= 15 is 0 Å². The average molecular weight is 381 g/mol. The second kappa shape index (κ2) is 7.26. The molecule has 142 valence electrons. The number of carbonyl (C=O) groups is 1. The SMILES string of the molecule is O=C(Oc1ccc([N+](=O)[O-])cc1)OC1CC(c2ccccc2C(F)(F)F)C1. The van der Waals surface area contributed by atoms with E-state index < -0.39 is 28.9 Å². The minimum absolute atomic E-state index is 0.0730. The van der Waals surface area contributed by atoms with Crippen LogP contribution in [0, 0.1) is 10.1 Å². The average Bonchev–Trinajstić information content (AvgIpc) is 2.57. The van der Waals surface area contributed by atoms with Crippen LogP contribution in [0.25, 0.3) is 0 Å². The summed E-state index contributed by atoms with van der Waals surface area (Å²) >= 11 is 0. The molecule has 0 amide bonds. The number of carbonyl (C=O) groups excluding carboxylic acids is 1. The highest BCUT2D eigenvalue weighted by Crippen LogP contribution is 2.44. The van der Waals surface area contributed by atoms with Crippen molar-refractivity contribution < 1.29 is 32.4 Å². The van der Waals surface area contributed by atoms with Gasteiger partial charge in [0.15, 0.2) is 0 Å². The summed E-state index contributed by atoms with van der Waals surface area (Å²) in [4.78, 5) is 21.7. The maximum absolute atomic E-state index is 13.0. The second-order valence-electron chi connectivity index (χ2n) is 6.10. The first-order chi connectivity index (χ1) is 12.7. The van der Waals surface area contributed by atoms with Crippen LogP contribution < -0.4 is 4.74 Å². The van der Waals surface area contributed by atoms with E-state index in [0.717, 1.165) is 6.07 Å². The third kappa shape index (κ3) is 4.36. The summed E-state index contributed by atoms with van der Waals surface area (Å²) in [6, 6.07) is 10.2. The van der Waals surface area contributed by atoms with Crippen molar-refractivity contribution in [2.45, 2.75) is 31.0 Å². The Bertz CT molecular complexity index is 845. The molecule has 0 heterocycles. The van der Waals surface area contributed by atoms with E-state index in [-0.39, 0.29) is 35.8 Å². The van der Waals surface area contributed by atoms with Gasteiger partial charge in [-0.2, -0.15) is 13.2 Å². The zero-order valence-corrected chi connectivity index (χ0v) is 13.8. The quantitative estimate of drug-likeness (QED) is 0.320. The Morgan fingerprint density at radius 1 is 1.07 bits per heavy atom. The number of ether oxygens (including phenoxy) is 2. The van der Waals surface area contributed by atoms with Crippen LogP contribution in [0.3, 0.4) is 0 Å². The van der Waals surface area contributed by atoms with Gasteiger partial charge in [-0.3, -0.25) is 10.1 Å². The van der Waals surface area contributed by atoms with Gasteiger partial charge in [-0.1, -0.05) is 18.2 Å². The Hall–Kier alpha value is -3.10. The maximum atomic E-state index is 13.0. The van der Waals surface area contributed by atoms with Crippen molar-refractivity contribution >= 4 is 11.8 Å². The van der Waals surface area contributed by atoms with Crippen molar-refractivity contribution in [2.24, 2.45) is 0 Å². The largest absolute Gasteiger partial charge is 0.514 e. The van der Waals surface area contributed by atoms with Crippen LogP contribution in [0.4, 0.5) is 23.7 Å². The summed E-state index contributed by atoms with van der Waals surface area (Å²) in [5.41, 5.74) is -0.642. The van der Waals surface area contributed by atoms with Crippen molar-refractivity contribution in [1.82, 2.24) is 0 Å². The molecule has 27 heavy (non-hydrogen) atoms. The molecule has 3 rings (SSSR count). The molecule has 6 nitrogen and oxygen atoms in total. The lowest BCUT2D eigenvalue weighted by Crippen LogP contribution is -2.33. The number of halogens is 3. The summed E-state index contributed by atoms with van der Waals surface area (Å²) in [7, 11) is 0. The Morgan fingerprint density at radius 3 is 2.30 bits per heavy atom. The van der Waals surface area contributed by atoms with Crippen molar-refractivity contribution in [1.29, 1.82) is 0 Å². The normalized spacial score (nSPS) is 19.1. The molecule has 0 spiro atoms. The van der Waals surface area contributed by atoms with Crippen LogP contribution in [0.1, 0.15) is 29.9 Å². The van der Waals surface area contributed by atoms with E-state index in [1.807, 2.05) is 0 Å². The molecule has 0 N–H and O–H groups in total. The molecule has 0 atom stereocenters. The maximum Gasteiger partial charge on any atom is 0.514 e. The number of nitro groups is 1. The van der Waals surface area contributed by atoms with E-state index in [1.165, 1.54) is 36.4 Å². The molecule has 2 aromatic rings. The minimum Gasteiger partial charge on any atom is -0.431 e. The monoisotopic (exact) mass is 381 g/mol. The van der Waals surface area contributed by atoms with Gasteiger partial charge in [0.25, 0.3) is 5.69 Å². The first kappa shape index (κ1) is 18.7. The third-order valence-corrected chi connectivity index (χ3v) is 4.31. The molecular weight excluding hydrogens is 367 g/mol. The summed E-state index contributed by atoms with van der Waals surface area (Å²) < 4.78 is 49.1. The molecule has 9 heteroatoms. The highest BCUT2D eigenvalue weighted by Gasteiger charge is 2.40. The highest BCUT2D eigenvalue weighted by atomic mass is 19.4. The lowest BCUT2D eigenvalue weighted by atomic mass is 9.76. The third-order valence-electron chi connectivity index (χ3n) is 4.31. The van der Waals surface area contributed by atoms with Crippen LogP contribution >= 0.6 is 0 Å². The number of benzene rings is 2. The predicted octanol–water partition coefficient (Wildman–Crippen LogP) is 5.08. The Labute approximate surface area is 151 Å². The fourth-order valence-electron chi connectivity index (χ4n) is 2.92. The molecule has 1 saturated carbocycles. The molecule has 2 aromatic carbocycles. The number of alkyl halides is 3. The fourth-order valence-corrected chi connectivity index (χ4v) is 2.92. The second-order valence-corrected chi connectivity index (χ2v) is 6.10. The number of non-ortho nitro benzene ring substituents is 1. The molecule has 0 saturated heterocycles. The Morgan fingerprint density at radius 2 is 1.70 bits per heavy atom. The predicted molar refractivity (Wildman–Crippen MR) is 87.4 cm³/mol. The molecule has 0 unspecified atom stereocenters. The van der Waals surface area contributed by atoms with Crippen molar-refractivity contribution in [3.05, 3.63) is 69.8 Å². The number of nitrogens with zero attached hydrogens (tertiary/aromatic N) is 1. The molecule has 0 aromatic heterocycles. The summed E-state index contributed by atoms with van der Waals surface area (Å²) in [5, 5.41) is 10.6. The van der Waals surface area contributed by atoms with Crippen molar-refractivity contribution in [3.8, 4) is 5.75 Å². The van der Waals surface area contributed by atoms with Crippen LogP contribution in [-0.4, -0.2) is 17.2 Å². The van der Waals surface area contributed by atoms with E-state index in [2.05, 4.69) is 0 Å². The zero-order chi connectivity index (χ0) is 19.6. The molecule has 0 bridgehead atoms. The lowest BCUT2D eigenvalue weighted by molar-refractivity contribution is -0.384. The number of hydrogen-bond acceptors (Lipinski definition) is 5. The first-order valence-corrected chi connectivity index (χ1v) is 8.03. The van der Waals surface area contributed by atoms with Gasteiger partial charge in [0.05, 0.1) is 10.5 Å². The zero-order valence-electron chi connectivity index (χ0n) is 13.8. The van der Waals surface area contributed by atoms with E-state index in [0.29, 0.717) is 0 Å². The van der Waals surface area contributed by atoms with Gasteiger partial charge in [-0.05, 0) is 42.5 Å². The van der Waals surface area contributed by atoms with Gasteiger partial charge < -0.3 is 9.47 Å². The summed E-state index contributed by atoms with van der Waals surface area (Å²) in [5.74, 6) is -0.274. The number of rotatable bonds is 4. The number of nitro benzene ring substituents is 1. The fraction of sp³-hybridized carbons (Fsp3) is 0.278. The van der Waals surface area contributed by atoms with E-state index in [4.69, 9.17) is 9.47 Å². The molecular formula is C18H14F3NO5. The van der Waals surface area contributed by atoms with Crippen LogP contribution in [0.15, 0.2) is 48.5 Å². The molecule has 1 fully saturated rings. The Balaban J connectivity index is 1.53. The van der Waals surface area contributed by atoms with Crippen LogP contribution in [-0.2, 0) is 10.9 Å². The number of hydrogen-bond donors (Lipinski definition) is 0. The summed E-state index contributed by atoms with van der Waals surface area (Å²) in [6.45, 7) is 0. The van der Waals surface area contributed by atoms with Crippen molar-refractivity contribution in [3.63, 3.8) is 0 Å². The van der Waals surface area contributed by atoms with Gasteiger partial charge in [0.1, 0.15) is 11.9 Å². The van der Waals surface area contributed by atoms with Gasteiger partial charge in [-0.25, -0.2) is 4.79 Å². The van der Waals surface area contributed by atoms with Crippen molar-refractivity contribution in [2.75, 3.05) is 0 Å². The minimum atomic E-state index is -4.43. The molecule has 1 aliphatic rings. The van der Waals surface area contributed by atoms with Gasteiger partial charge in [-0.15, -0.1) is 0 Å². The van der Waals surface area contributed by atoms with E-state index in [1.54, 1.807) is 6.07 Å². The van der Waals surface area contributed by atoms with Gasteiger partial charge in [0.2, 0.25) is 0 Å². The van der Waals surface area contributed by atoms with Gasteiger partial charge >= 0.3 is 12.3 Å². The summed E-state index contributed by atoms with van der Waals surface area (Å²) in [6.07, 6.45) is -5.44. The lowest BCUT2D eigenvalue weighted by Gasteiger charge is -2.35. The standard InChI is InChI=1S/C18H14F3NO5/c19-18(20,21)16-4-2-1-3-15(16)11-9-14(10-11)27-17(23)26-13-7-5-12(6-8-13)22(24)25/h1-8,11,14H,9-10H2. The van der Waals surface area contributed by atoms with E-state index in [9.17, 15) is 28.1 Å². The highest BCUT2D eigenvalue weighted by molar-refractivity contribution is 5.64. The molecule has 1 aliphatic carbocycles.